The number of rotatable bonds is 6. The number of esters is 2. The molecule has 0 spiro atoms. The van der Waals surface area contributed by atoms with Crippen LogP contribution in [0.2, 0.25) is 0 Å². The van der Waals surface area contributed by atoms with Crippen molar-refractivity contribution in [3.63, 3.8) is 0 Å². The summed E-state index contributed by atoms with van der Waals surface area (Å²) in [6.45, 7) is 5.29. The van der Waals surface area contributed by atoms with E-state index >= 15 is 0 Å². The van der Waals surface area contributed by atoms with E-state index in [0.29, 0.717) is 5.56 Å². The Bertz CT molecular complexity index is 724. The molecule has 1 heterocycles. The van der Waals surface area contributed by atoms with Crippen molar-refractivity contribution in [3.8, 4) is 0 Å². The molecule has 2 rings (SSSR count). The molecule has 0 saturated heterocycles. The fraction of sp³-hybridized carbons (Fsp3) is 0.294. The first-order chi connectivity index (χ1) is 11.5. The van der Waals surface area contributed by atoms with Crippen LogP contribution in [0.1, 0.15) is 56.4 Å². The number of carbonyl (C=O) groups excluding carboxylic acids is 3. The highest BCUT2D eigenvalue weighted by Crippen LogP contribution is 2.21. The Morgan fingerprint density at radius 1 is 1.00 bits per heavy atom. The van der Waals surface area contributed by atoms with Crippen LogP contribution in [-0.2, 0) is 9.47 Å². The van der Waals surface area contributed by atoms with Gasteiger partial charge in [0, 0.05) is 5.56 Å². The van der Waals surface area contributed by atoms with Crippen molar-refractivity contribution in [2.24, 2.45) is 0 Å². The number of hydrogen-bond donors (Lipinski definition) is 0. The van der Waals surface area contributed by atoms with Gasteiger partial charge in [-0.15, -0.1) is 0 Å². The first kappa shape index (κ1) is 17.4. The van der Waals surface area contributed by atoms with Crippen molar-refractivity contribution in [2.45, 2.75) is 20.8 Å². The Balaban J connectivity index is 2.52. The lowest BCUT2D eigenvalue weighted by molar-refractivity contribution is 0.0470. The highest BCUT2D eigenvalue weighted by Gasteiger charge is 2.33. The summed E-state index contributed by atoms with van der Waals surface area (Å²) in [7, 11) is 0. The zero-order chi connectivity index (χ0) is 17.7. The summed E-state index contributed by atoms with van der Waals surface area (Å²) in [5, 5.41) is 3.53. The van der Waals surface area contributed by atoms with E-state index in [0.717, 1.165) is 5.56 Å². The smallest absolute Gasteiger partial charge is 0.377 e. The molecule has 7 nitrogen and oxygen atoms in total. The van der Waals surface area contributed by atoms with E-state index in [1.165, 1.54) is 0 Å². The summed E-state index contributed by atoms with van der Waals surface area (Å²) in [4.78, 5) is 36.8. The highest BCUT2D eigenvalue weighted by molar-refractivity contribution is 6.17. The van der Waals surface area contributed by atoms with Gasteiger partial charge >= 0.3 is 11.9 Å². The average molecular weight is 331 g/mol. The highest BCUT2D eigenvalue weighted by atomic mass is 16.6. The molecule has 1 aromatic carbocycles. The van der Waals surface area contributed by atoms with Crippen LogP contribution in [0.4, 0.5) is 0 Å². The third-order valence-corrected chi connectivity index (χ3v) is 3.16. The SMILES string of the molecule is CCOC(=O)c1noc(C(=O)OCC)c1C(=O)c1ccc(C)cc1. The van der Waals surface area contributed by atoms with Crippen molar-refractivity contribution in [2.75, 3.05) is 13.2 Å². The summed E-state index contributed by atoms with van der Waals surface area (Å²) in [5.41, 5.74) is 0.661. The van der Waals surface area contributed by atoms with E-state index in [9.17, 15) is 14.4 Å². The van der Waals surface area contributed by atoms with Crippen LogP contribution in [-0.4, -0.2) is 36.1 Å². The molecule has 0 saturated carbocycles. The second kappa shape index (κ2) is 7.54. The number of nitrogens with zero attached hydrogens (tertiary/aromatic N) is 1. The van der Waals surface area contributed by atoms with Crippen LogP contribution in [0.5, 0.6) is 0 Å². The third kappa shape index (κ3) is 3.51. The molecule has 7 heteroatoms. The quantitative estimate of drug-likeness (QED) is 0.593. The van der Waals surface area contributed by atoms with Crippen molar-refractivity contribution >= 4 is 17.7 Å². The maximum atomic E-state index is 12.8. The lowest BCUT2D eigenvalue weighted by Crippen LogP contribution is -2.15. The van der Waals surface area contributed by atoms with Crippen LogP contribution in [0.15, 0.2) is 28.8 Å². The molecule has 0 bridgehead atoms. The molecule has 0 amide bonds. The van der Waals surface area contributed by atoms with Gasteiger partial charge in [-0.25, -0.2) is 9.59 Å². The fourth-order valence-corrected chi connectivity index (χ4v) is 2.02. The van der Waals surface area contributed by atoms with Gasteiger partial charge in [0.2, 0.25) is 5.69 Å². The molecule has 2 aromatic rings. The predicted octanol–water partition coefficient (Wildman–Crippen LogP) is 2.57. The topological polar surface area (TPSA) is 95.7 Å². The lowest BCUT2D eigenvalue weighted by Gasteiger charge is -2.04. The van der Waals surface area contributed by atoms with Crippen LogP contribution >= 0.6 is 0 Å². The van der Waals surface area contributed by atoms with Gasteiger partial charge in [0.25, 0.3) is 5.76 Å². The summed E-state index contributed by atoms with van der Waals surface area (Å²) < 4.78 is 14.6. The van der Waals surface area contributed by atoms with Gasteiger partial charge in [-0.05, 0) is 20.8 Å². The van der Waals surface area contributed by atoms with E-state index in [1.54, 1.807) is 38.1 Å². The molecule has 0 aliphatic carbocycles. The largest absolute Gasteiger partial charge is 0.461 e. The zero-order valence-electron chi connectivity index (χ0n) is 13.6. The molecule has 0 aliphatic heterocycles. The van der Waals surface area contributed by atoms with Crippen LogP contribution in [0.3, 0.4) is 0 Å². The van der Waals surface area contributed by atoms with Gasteiger partial charge in [0.15, 0.2) is 5.78 Å². The van der Waals surface area contributed by atoms with E-state index < -0.39 is 23.5 Å². The number of benzene rings is 1. The number of carbonyl (C=O) groups is 3. The Hall–Kier alpha value is -2.96. The number of ether oxygens (including phenoxy) is 2. The van der Waals surface area contributed by atoms with Crippen LogP contribution in [0, 0.1) is 6.92 Å². The van der Waals surface area contributed by atoms with Gasteiger partial charge in [-0.2, -0.15) is 0 Å². The molecular formula is C17H17NO6. The molecule has 24 heavy (non-hydrogen) atoms. The molecule has 0 atom stereocenters. The van der Waals surface area contributed by atoms with E-state index in [2.05, 4.69) is 5.16 Å². The first-order valence-electron chi connectivity index (χ1n) is 7.44. The van der Waals surface area contributed by atoms with Crippen LogP contribution in [0.25, 0.3) is 0 Å². The molecule has 1 aromatic heterocycles. The summed E-state index contributed by atoms with van der Waals surface area (Å²) >= 11 is 0. The van der Waals surface area contributed by atoms with E-state index in [1.807, 2.05) is 6.92 Å². The summed E-state index contributed by atoms with van der Waals surface area (Å²) in [6, 6.07) is 6.67. The molecule has 0 fully saturated rings. The van der Waals surface area contributed by atoms with Gasteiger partial charge < -0.3 is 14.0 Å². The Morgan fingerprint density at radius 3 is 2.17 bits per heavy atom. The Labute approximate surface area is 138 Å². The molecule has 0 N–H and O–H groups in total. The number of aryl methyl sites for hydroxylation is 1. The standard InChI is InChI=1S/C17H17NO6/c1-4-22-16(20)13-12(15(24-18-13)17(21)23-5-2)14(19)11-8-6-10(3)7-9-11/h6-9H,4-5H2,1-3H3. The zero-order valence-corrected chi connectivity index (χ0v) is 13.6. The number of ketones is 1. The monoisotopic (exact) mass is 331 g/mol. The molecule has 0 aliphatic rings. The summed E-state index contributed by atoms with van der Waals surface area (Å²) in [6.07, 6.45) is 0. The van der Waals surface area contributed by atoms with Gasteiger partial charge in [0.05, 0.1) is 13.2 Å². The fourth-order valence-electron chi connectivity index (χ4n) is 2.02. The minimum absolute atomic E-state index is 0.0897. The van der Waals surface area contributed by atoms with Crippen molar-refractivity contribution < 1.29 is 28.4 Å². The van der Waals surface area contributed by atoms with E-state index in [-0.39, 0.29) is 24.5 Å². The second-order valence-electron chi connectivity index (χ2n) is 4.87. The van der Waals surface area contributed by atoms with Gasteiger partial charge in [-0.3, -0.25) is 4.79 Å². The number of aromatic nitrogens is 1. The lowest BCUT2D eigenvalue weighted by atomic mass is 10.0. The molecular weight excluding hydrogens is 314 g/mol. The summed E-state index contributed by atoms with van der Waals surface area (Å²) in [5.74, 6) is -2.68. The maximum absolute atomic E-state index is 12.8. The maximum Gasteiger partial charge on any atom is 0.377 e. The van der Waals surface area contributed by atoms with E-state index in [4.69, 9.17) is 14.0 Å². The predicted molar refractivity (Wildman–Crippen MR) is 83.0 cm³/mol. The second-order valence-corrected chi connectivity index (χ2v) is 4.87. The molecule has 126 valence electrons. The van der Waals surface area contributed by atoms with Crippen molar-refractivity contribution in [1.29, 1.82) is 0 Å². The van der Waals surface area contributed by atoms with Crippen molar-refractivity contribution in [3.05, 3.63) is 52.4 Å². The average Bonchev–Trinajstić information content (AvgIpc) is 3.00. The van der Waals surface area contributed by atoms with Gasteiger partial charge in [0.1, 0.15) is 5.56 Å². The minimum Gasteiger partial charge on any atom is -0.461 e. The first-order valence-corrected chi connectivity index (χ1v) is 7.44. The normalized spacial score (nSPS) is 10.3. The number of hydrogen-bond acceptors (Lipinski definition) is 7. The van der Waals surface area contributed by atoms with Crippen LogP contribution < -0.4 is 0 Å². The molecule has 0 unspecified atom stereocenters. The Kier molecular flexibility index (Phi) is 5.47. The molecule has 0 radical (unpaired) electrons. The van der Waals surface area contributed by atoms with Gasteiger partial charge in [-0.1, -0.05) is 35.0 Å². The third-order valence-electron chi connectivity index (χ3n) is 3.16. The van der Waals surface area contributed by atoms with Crippen molar-refractivity contribution in [1.82, 2.24) is 5.16 Å². The minimum atomic E-state index is -0.865. The Morgan fingerprint density at radius 2 is 1.58 bits per heavy atom.